The Balaban J connectivity index is 1.40. The predicted octanol–water partition coefficient (Wildman–Crippen LogP) is 9.93. The molecule has 3 heterocycles. The Morgan fingerprint density at radius 3 is 2.13 bits per heavy atom. The van der Waals surface area contributed by atoms with Gasteiger partial charge in [-0.15, -0.1) is 11.3 Å². The van der Waals surface area contributed by atoms with Crippen molar-refractivity contribution >= 4 is 65.0 Å². The molecule has 0 fully saturated rings. The van der Waals surface area contributed by atoms with Gasteiger partial charge in [-0.05, 0) is 54.6 Å². The van der Waals surface area contributed by atoms with E-state index in [1.165, 1.54) is 26.4 Å². The molecule has 39 heavy (non-hydrogen) atoms. The highest BCUT2D eigenvalue weighted by molar-refractivity contribution is 7.25. The zero-order valence-electron chi connectivity index (χ0n) is 20.7. The number of nitrogens with zero attached hydrogens (tertiary/aromatic N) is 3. The number of rotatable bonds is 3. The minimum atomic E-state index is 0.708. The van der Waals surface area contributed by atoms with Crippen molar-refractivity contribution in [2.24, 2.45) is 0 Å². The van der Waals surface area contributed by atoms with Crippen LogP contribution in [0.1, 0.15) is 0 Å². The Kier molecular flexibility index (Phi) is 5.05. The molecule has 184 valence electrons. The van der Waals surface area contributed by atoms with E-state index in [0.29, 0.717) is 5.02 Å². The van der Waals surface area contributed by atoms with Crippen molar-refractivity contribution in [2.45, 2.75) is 0 Å². The molecule has 5 aromatic carbocycles. The lowest BCUT2D eigenvalue weighted by atomic mass is 10.0. The van der Waals surface area contributed by atoms with Crippen LogP contribution in [0.25, 0.3) is 70.4 Å². The molecule has 0 atom stereocenters. The molecule has 0 aliphatic rings. The smallest absolute Gasteiger partial charge is 0.161 e. The molecule has 8 rings (SSSR count). The van der Waals surface area contributed by atoms with Crippen molar-refractivity contribution in [1.29, 1.82) is 0 Å². The standard InChI is InChI=1S/C34H20ClN3S/c35-23-17-14-21(15-18-23)32-31-26-11-5-7-13-30(26)39-34(31)37-33(36-32)22-16-19-29-27(20-22)25-10-4-6-12-28(25)38(29)24-8-2-1-3-9-24/h1-20H. The third-order valence-corrected chi connectivity index (χ3v) is 8.62. The van der Waals surface area contributed by atoms with Gasteiger partial charge < -0.3 is 4.57 Å². The maximum Gasteiger partial charge on any atom is 0.161 e. The largest absolute Gasteiger partial charge is 0.309 e. The van der Waals surface area contributed by atoms with Crippen molar-refractivity contribution < 1.29 is 0 Å². The summed E-state index contributed by atoms with van der Waals surface area (Å²) in [5.74, 6) is 0.720. The second kappa shape index (κ2) is 8.77. The normalized spacial score (nSPS) is 11.7. The first-order valence-corrected chi connectivity index (χ1v) is 14.0. The first-order chi connectivity index (χ1) is 19.2. The minimum absolute atomic E-state index is 0.708. The monoisotopic (exact) mass is 537 g/mol. The highest BCUT2D eigenvalue weighted by Crippen LogP contribution is 2.40. The van der Waals surface area contributed by atoms with Gasteiger partial charge in [0.25, 0.3) is 0 Å². The van der Waals surface area contributed by atoms with E-state index in [-0.39, 0.29) is 0 Å². The predicted molar refractivity (Wildman–Crippen MR) is 165 cm³/mol. The Labute approximate surface area is 233 Å². The molecule has 0 amide bonds. The van der Waals surface area contributed by atoms with Crippen LogP contribution >= 0.6 is 22.9 Å². The summed E-state index contributed by atoms with van der Waals surface area (Å²) < 4.78 is 3.53. The third kappa shape index (κ3) is 3.57. The molecule has 0 aliphatic carbocycles. The number of benzene rings is 5. The van der Waals surface area contributed by atoms with Crippen LogP contribution < -0.4 is 0 Å². The third-order valence-electron chi connectivity index (χ3n) is 7.30. The van der Waals surface area contributed by atoms with Gasteiger partial charge in [0.15, 0.2) is 5.82 Å². The Morgan fingerprint density at radius 2 is 1.28 bits per heavy atom. The van der Waals surface area contributed by atoms with Gasteiger partial charge in [0.1, 0.15) is 4.83 Å². The van der Waals surface area contributed by atoms with Crippen molar-refractivity contribution in [1.82, 2.24) is 14.5 Å². The van der Waals surface area contributed by atoms with Crippen LogP contribution in [0.5, 0.6) is 0 Å². The van der Waals surface area contributed by atoms with E-state index in [2.05, 4.69) is 102 Å². The summed E-state index contributed by atoms with van der Waals surface area (Å²) in [6.45, 7) is 0. The van der Waals surface area contributed by atoms with E-state index in [1.54, 1.807) is 11.3 Å². The fourth-order valence-corrected chi connectivity index (χ4v) is 6.74. The van der Waals surface area contributed by atoms with Gasteiger partial charge in [-0.3, -0.25) is 0 Å². The van der Waals surface area contributed by atoms with Crippen molar-refractivity contribution in [3.8, 4) is 28.3 Å². The Bertz CT molecular complexity index is 2180. The van der Waals surface area contributed by atoms with E-state index in [4.69, 9.17) is 21.6 Å². The van der Waals surface area contributed by atoms with E-state index in [0.717, 1.165) is 44.1 Å². The van der Waals surface area contributed by atoms with Gasteiger partial charge in [-0.1, -0.05) is 78.3 Å². The average molecular weight is 538 g/mol. The lowest BCUT2D eigenvalue weighted by molar-refractivity contribution is 1.18. The molecule has 0 radical (unpaired) electrons. The zero-order valence-corrected chi connectivity index (χ0v) is 22.2. The maximum atomic E-state index is 6.24. The Hall–Kier alpha value is -4.51. The highest BCUT2D eigenvalue weighted by Gasteiger charge is 2.18. The summed E-state index contributed by atoms with van der Waals surface area (Å²) >= 11 is 7.94. The molecule has 0 bridgehead atoms. The van der Waals surface area contributed by atoms with Crippen molar-refractivity contribution in [3.05, 3.63) is 126 Å². The molecule has 3 aromatic heterocycles. The topological polar surface area (TPSA) is 30.7 Å². The summed E-state index contributed by atoms with van der Waals surface area (Å²) in [6, 6.07) is 42.0. The number of hydrogen-bond donors (Lipinski definition) is 0. The quantitative estimate of drug-likeness (QED) is 0.224. The van der Waals surface area contributed by atoms with Gasteiger partial charge in [-0.25, -0.2) is 9.97 Å². The average Bonchev–Trinajstić information content (AvgIpc) is 3.53. The molecule has 3 nitrogen and oxygen atoms in total. The van der Waals surface area contributed by atoms with Gasteiger partial charge in [0.05, 0.1) is 16.7 Å². The van der Waals surface area contributed by atoms with Crippen LogP contribution in [0.3, 0.4) is 0 Å². The van der Waals surface area contributed by atoms with E-state index >= 15 is 0 Å². The molecular formula is C34H20ClN3S. The van der Waals surface area contributed by atoms with Gasteiger partial charge >= 0.3 is 0 Å². The molecule has 0 saturated carbocycles. The zero-order chi connectivity index (χ0) is 25.9. The van der Waals surface area contributed by atoms with Crippen LogP contribution in [0, 0.1) is 0 Å². The van der Waals surface area contributed by atoms with Crippen LogP contribution in [-0.4, -0.2) is 14.5 Å². The lowest BCUT2D eigenvalue weighted by Crippen LogP contribution is -1.95. The molecule has 0 aliphatic heterocycles. The summed E-state index contributed by atoms with van der Waals surface area (Å²) in [5.41, 5.74) is 6.43. The second-order valence-corrected chi connectivity index (χ2v) is 11.1. The van der Waals surface area contributed by atoms with Crippen LogP contribution in [0.4, 0.5) is 0 Å². The first kappa shape index (κ1) is 22.5. The maximum absolute atomic E-state index is 6.24. The fourth-order valence-electron chi connectivity index (χ4n) is 5.54. The molecule has 8 aromatic rings. The second-order valence-electron chi connectivity index (χ2n) is 9.60. The molecule has 0 N–H and O–H groups in total. The van der Waals surface area contributed by atoms with E-state index in [1.807, 2.05) is 24.3 Å². The van der Waals surface area contributed by atoms with Crippen molar-refractivity contribution in [2.75, 3.05) is 0 Å². The molecule has 0 spiro atoms. The molecule has 0 saturated heterocycles. The number of aromatic nitrogens is 3. The lowest BCUT2D eigenvalue weighted by Gasteiger charge is -2.09. The summed E-state index contributed by atoms with van der Waals surface area (Å²) in [4.78, 5) is 11.3. The van der Waals surface area contributed by atoms with Crippen LogP contribution in [0.15, 0.2) is 121 Å². The summed E-state index contributed by atoms with van der Waals surface area (Å²) in [5, 5.41) is 5.36. The van der Waals surface area contributed by atoms with Crippen LogP contribution in [0.2, 0.25) is 5.02 Å². The minimum Gasteiger partial charge on any atom is -0.309 e. The summed E-state index contributed by atoms with van der Waals surface area (Å²) in [7, 11) is 0. The number of thiophene rings is 1. The number of halogens is 1. The number of fused-ring (bicyclic) bond motifs is 6. The summed E-state index contributed by atoms with van der Waals surface area (Å²) in [6.07, 6.45) is 0. The highest BCUT2D eigenvalue weighted by atomic mass is 35.5. The molecular weight excluding hydrogens is 518 g/mol. The van der Waals surface area contributed by atoms with Gasteiger partial charge in [-0.2, -0.15) is 0 Å². The first-order valence-electron chi connectivity index (χ1n) is 12.8. The van der Waals surface area contributed by atoms with Gasteiger partial charge in [0.2, 0.25) is 0 Å². The SMILES string of the molecule is Clc1ccc(-c2nc(-c3ccc4c(c3)c3ccccc3n4-c3ccccc3)nc3sc4ccccc4c23)cc1. The van der Waals surface area contributed by atoms with E-state index in [9.17, 15) is 0 Å². The van der Waals surface area contributed by atoms with Gasteiger partial charge in [0, 0.05) is 48.1 Å². The Morgan fingerprint density at radius 1 is 0.590 bits per heavy atom. The molecule has 0 unspecified atom stereocenters. The number of para-hydroxylation sites is 2. The van der Waals surface area contributed by atoms with Crippen molar-refractivity contribution in [3.63, 3.8) is 0 Å². The molecule has 5 heteroatoms. The number of hydrogen-bond acceptors (Lipinski definition) is 3. The van der Waals surface area contributed by atoms with E-state index < -0.39 is 0 Å². The fraction of sp³-hybridized carbons (Fsp3) is 0. The van der Waals surface area contributed by atoms with Crippen LogP contribution in [-0.2, 0) is 0 Å².